The van der Waals surface area contributed by atoms with Gasteiger partial charge in [0.05, 0.1) is 12.2 Å². The maximum atomic E-state index is 12.1. The molecule has 0 aliphatic carbocycles. The van der Waals surface area contributed by atoms with E-state index in [1.807, 2.05) is 31.3 Å². The predicted molar refractivity (Wildman–Crippen MR) is 93.1 cm³/mol. The number of para-hydroxylation sites is 1. The average molecular weight is 377 g/mol. The van der Waals surface area contributed by atoms with Crippen LogP contribution in [0, 0.1) is 5.92 Å². The molecule has 4 nitrogen and oxygen atoms in total. The second-order valence-corrected chi connectivity index (χ2v) is 6.16. The molecule has 1 aliphatic rings. The molecule has 0 spiro atoms. The molecule has 2 N–H and O–H groups in total. The van der Waals surface area contributed by atoms with Crippen molar-refractivity contribution in [2.75, 3.05) is 38.5 Å². The summed E-state index contributed by atoms with van der Waals surface area (Å²) >= 11 is 3.44. The third-order valence-corrected chi connectivity index (χ3v) is 4.41. The lowest BCUT2D eigenvalue weighted by atomic mass is 9.97. The highest BCUT2D eigenvalue weighted by Gasteiger charge is 2.20. The molecule has 0 atom stereocenters. The lowest BCUT2D eigenvalue weighted by Crippen LogP contribution is -2.40. The molecular formula is C15H23BrClN3O. The number of carbonyl (C=O) groups excluding carboxylic acids is 1. The quantitative estimate of drug-likeness (QED) is 0.830. The first kappa shape index (κ1) is 18.4. The van der Waals surface area contributed by atoms with Crippen LogP contribution in [-0.4, -0.2) is 44.0 Å². The van der Waals surface area contributed by atoms with Gasteiger partial charge in [-0.25, -0.2) is 0 Å². The summed E-state index contributed by atoms with van der Waals surface area (Å²) in [5.74, 6) is 0.812. The first-order valence-electron chi connectivity index (χ1n) is 7.10. The SMILES string of the molecule is CNCC1CCN(CC(=O)Nc2ccccc2Br)CC1.Cl. The molecule has 1 amide bonds. The molecule has 0 radical (unpaired) electrons. The van der Waals surface area contributed by atoms with E-state index in [0.29, 0.717) is 6.54 Å². The maximum absolute atomic E-state index is 12.1. The summed E-state index contributed by atoms with van der Waals surface area (Å²) in [6, 6.07) is 7.69. The van der Waals surface area contributed by atoms with Crippen molar-refractivity contribution in [3.8, 4) is 0 Å². The molecular weight excluding hydrogens is 354 g/mol. The highest BCUT2D eigenvalue weighted by Crippen LogP contribution is 2.21. The summed E-state index contributed by atoms with van der Waals surface area (Å²) in [4.78, 5) is 14.3. The Morgan fingerprint density at radius 3 is 2.62 bits per heavy atom. The Labute approximate surface area is 141 Å². The summed E-state index contributed by atoms with van der Waals surface area (Å²) in [6.07, 6.45) is 2.34. The smallest absolute Gasteiger partial charge is 0.238 e. The van der Waals surface area contributed by atoms with Crippen LogP contribution in [0.5, 0.6) is 0 Å². The van der Waals surface area contributed by atoms with Crippen LogP contribution < -0.4 is 10.6 Å². The van der Waals surface area contributed by atoms with Crippen LogP contribution in [0.1, 0.15) is 12.8 Å². The van der Waals surface area contributed by atoms with E-state index in [1.165, 1.54) is 12.8 Å². The van der Waals surface area contributed by atoms with Gasteiger partial charge in [0, 0.05) is 4.47 Å². The Hall–Kier alpha value is -0.620. The van der Waals surface area contributed by atoms with Crippen LogP contribution in [0.2, 0.25) is 0 Å². The Morgan fingerprint density at radius 2 is 2.00 bits per heavy atom. The van der Waals surface area contributed by atoms with Gasteiger partial charge in [0.25, 0.3) is 0 Å². The van der Waals surface area contributed by atoms with Crippen LogP contribution in [0.15, 0.2) is 28.7 Å². The zero-order chi connectivity index (χ0) is 14.4. The van der Waals surface area contributed by atoms with E-state index >= 15 is 0 Å². The monoisotopic (exact) mass is 375 g/mol. The van der Waals surface area contributed by atoms with Gasteiger partial charge in [0.15, 0.2) is 0 Å². The Bertz CT molecular complexity index is 450. The van der Waals surface area contributed by atoms with Crippen LogP contribution in [0.25, 0.3) is 0 Å². The third kappa shape index (κ3) is 5.94. The number of amides is 1. The van der Waals surface area contributed by atoms with Gasteiger partial charge in [-0.3, -0.25) is 9.69 Å². The molecule has 0 bridgehead atoms. The lowest BCUT2D eigenvalue weighted by Gasteiger charge is -2.31. The number of carbonyl (C=O) groups is 1. The van der Waals surface area contributed by atoms with Crippen molar-refractivity contribution in [2.24, 2.45) is 5.92 Å². The summed E-state index contributed by atoms with van der Waals surface area (Å²) < 4.78 is 0.918. The second kappa shape index (κ2) is 9.41. The fourth-order valence-corrected chi connectivity index (χ4v) is 2.98. The molecule has 1 heterocycles. The van der Waals surface area contributed by atoms with Gasteiger partial charge in [-0.1, -0.05) is 12.1 Å². The average Bonchev–Trinajstić information content (AvgIpc) is 2.44. The van der Waals surface area contributed by atoms with Gasteiger partial charge in [-0.15, -0.1) is 12.4 Å². The fourth-order valence-electron chi connectivity index (χ4n) is 2.59. The Morgan fingerprint density at radius 1 is 1.33 bits per heavy atom. The summed E-state index contributed by atoms with van der Waals surface area (Å²) in [5, 5.41) is 6.18. The molecule has 21 heavy (non-hydrogen) atoms. The van der Waals surface area contributed by atoms with E-state index in [9.17, 15) is 4.79 Å². The summed E-state index contributed by atoms with van der Waals surface area (Å²) in [6.45, 7) is 3.58. The van der Waals surface area contributed by atoms with Gasteiger partial charge in [-0.2, -0.15) is 0 Å². The van der Waals surface area contributed by atoms with E-state index in [2.05, 4.69) is 31.5 Å². The topological polar surface area (TPSA) is 44.4 Å². The maximum Gasteiger partial charge on any atom is 0.238 e. The minimum Gasteiger partial charge on any atom is -0.324 e. The molecule has 6 heteroatoms. The third-order valence-electron chi connectivity index (χ3n) is 3.72. The van der Waals surface area contributed by atoms with Crippen molar-refractivity contribution in [2.45, 2.75) is 12.8 Å². The van der Waals surface area contributed by atoms with E-state index in [4.69, 9.17) is 0 Å². The number of rotatable bonds is 5. The zero-order valence-corrected chi connectivity index (χ0v) is 14.7. The number of nitrogens with zero attached hydrogens (tertiary/aromatic N) is 1. The largest absolute Gasteiger partial charge is 0.324 e. The van der Waals surface area contributed by atoms with Crippen molar-refractivity contribution in [3.05, 3.63) is 28.7 Å². The van der Waals surface area contributed by atoms with Gasteiger partial charge >= 0.3 is 0 Å². The number of anilines is 1. The fraction of sp³-hybridized carbons (Fsp3) is 0.533. The normalized spacial score (nSPS) is 16.3. The van der Waals surface area contributed by atoms with Crippen LogP contribution >= 0.6 is 28.3 Å². The minimum atomic E-state index is 0. The number of hydrogen-bond acceptors (Lipinski definition) is 3. The van der Waals surface area contributed by atoms with Gasteiger partial charge in [-0.05, 0) is 73.5 Å². The summed E-state index contributed by atoms with van der Waals surface area (Å²) in [5.41, 5.74) is 0.836. The number of piperidine rings is 1. The molecule has 1 aliphatic heterocycles. The highest BCUT2D eigenvalue weighted by atomic mass is 79.9. The van der Waals surface area contributed by atoms with Crippen molar-refractivity contribution in [3.63, 3.8) is 0 Å². The Balaban J connectivity index is 0.00000220. The standard InChI is InChI=1S/C15H22BrN3O.ClH/c1-17-10-12-6-8-19(9-7-12)11-15(20)18-14-5-3-2-4-13(14)16;/h2-5,12,17H,6-11H2,1H3,(H,18,20);1H. The van der Waals surface area contributed by atoms with Crippen molar-refractivity contribution >= 4 is 39.9 Å². The van der Waals surface area contributed by atoms with Crippen LogP contribution in [0.3, 0.4) is 0 Å². The number of likely N-dealkylation sites (tertiary alicyclic amines) is 1. The molecule has 0 aromatic heterocycles. The minimum absolute atomic E-state index is 0. The molecule has 0 saturated carbocycles. The second-order valence-electron chi connectivity index (χ2n) is 5.31. The molecule has 2 rings (SSSR count). The summed E-state index contributed by atoms with van der Waals surface area (Å²) in [7, 11) is 2.00. The molecule has 1 aromatic carbocycles. The Kier molecular flexibility index (Phi) is 8.26. The van der Waals surface area contributed by atoms with E-state index < -0.39 is 0 Å². The number of benzene rings is 1. The van der Waals surface area contributed by atoms with E-state index in [0.717, 1.165) is 35.7 Å². The molecule has 1 aromatic rings. The predicted octanol–water partition coefficient (Wildman–Crippen LogP) is 2.74. The first-order valence-corrected chi connectivity index (χ1v) is 7.89. The van der Waals surface area contributed by atoms with Gasteiger partial charge < -0.3 is 10.6 Å². The lowest BCUT2D eigenvalue weighted by molar-refractivity contribution is -0.117. The molecule has 1 fully saturated rings. The number of nitrogens with one attached hydrogen (secondary N) is 2. The molecule has 0 unspecified atom stereocenters. The van der Waals surface area contributed by atoms with Gasteiger partial charge in [0.2, 0.25) is 5.91 Å². The molecule has 118 valence electrons. The first-order chi connectivity index (χ1) is 9.69. The van der Waals surface area contributed by atoms with E-state index in [1.54, 1.807) is 0 Å². The highest BCUT2D eigenvalue weighted by molar-refractivity contribution is 9.10. The van der Waals surface area contributed by atoms with Gasteiger partial charge in [0.1, 0.15) is 0 Å². The zero-order valence-electron chi connectivity index (χ0n) is 12.3. The van der Waals surface area contributed by atoms with Crippen LogP contribution in [0.4, 0.5) is 5.69 Å². The van der Waals surface area contributed by atoms with E-state index in [-0.39, 0.29) is 18.3 Å². The number of hydrogen-bond donors (Lipinski definition) is 2. The number of halogens is 2. The van der Waals surface area contributed by atoms with Crippen molar-refractivity contribution < 1.29 is 4.79 Å². The van der Waals surface area contributed by atoms with Crippen LogP contribution in [-0.2, 0) is 4.79 Å². The molecule has 1 saturated heterocycles. The van der Waals surface area contributed by atoms with Crippen molar-refractivity contribution in [1.82, 2.24) is 10.2 Å². The van der Waals surface area contributed by atoms with Crippen molar-refractivity contribution in [1.29, 1.82) is 0 Å².